The Labute approximate surface area is 109 Å². The summed E-state index contributed by atoms with van der Waals surface area (Å²) in [7, 11) is 0. The van der Waals surface area contributed by atoms with E-state index in [1.807, 2.05) is 13.0 Å². The van der Waals surface area contributed by atoms with Crippen LogP contribution in [0.1, 0.15) is 22.5 Å². The van der Waals surface area contributed by atoms with Crippen LogP contribution in [0.3, 0.4) is 0 Å². The Morgan fingerprint density at radius 2 is 2.37 bits per heavy atom. The van der Waals surface area contributed by atoms with Gasteiger partial charge in [0.25, 0.3) is 5.91 Å². The molecule has 1 aliphatic rings. The molecule has 0 bridgehead atoms. The molecule has 0 saturated carbocycles. The molecule has 1 atom stereocenters. The summed E-state index contributed by atoms with van der Waals surface area (Å²) >= 11 is 0. The maximum absolute atomic E-state index is 14.2. The molecule has 1 N–H and O–H groups in total. The van der Waals surface area contributed by atoms with E-state index in [0.717, 1.165) is 5.56 Å². The van der Waals surface area contributed by atoms with Gasteiger partial charge in [0.2, 0.25) is 5.95 Å². The second-order valence-corrected chi connectivity index (χ2v) is 4.83. The van der Waals surface area contributed by atoms with Crippen molar-refractivity contribution >= 4 is 11.6 Å². The maximum Gasteiger partial charge on any atom is 0.277 e. The molecule has 6 heteroatoms. The van der Waals surface area contributed by atoms with Gasteiger partial charge < -0.3 is 10.0 Å². The Kier molecular flexibility index (Phi) is 2.74. The van der Waals surface area contributed by atoms with Gasteiger partial charge in [-0.05, 0) is 25.0 Å². The van der Waals surface area contributed by atoms with Crippen LogP contribution in [-0.4, -0.2) is 44.5 Å². The number of amides is 1. The van der Waals surface area contributed by atoms with E-state index in [0.29, 0.717) is 18.6 Å². The van der Waals surface area contributed by atoms with Gasteiger partial charge in [-0.2, -0.15) is 4.39 Å². The lowest BCUT2D eigenvalue weighted by atomic mass is 10.3. The summed E-state index contributed by atoms with van der Waals surface area (Å²) in [5.74, 6) is -1.11. The number of pyridine rings is 1. The molecule has 19 heavy (non-hydrogen) atoms. The number of hydrogen-bond acceptors (Lipinski definition) is 3. The van der Waals surface area contributed by atoms with Crippen LogP contribution < -0.4 is 0 Å². The summed E-state index contributed by atoms with van der Waals surface area (Å²) in [4.78, 5) is 17.7. The number of carbonyl (C=O) groups excluding carboxylic acids is 1. The number of likely N-dealkylation sites (tertiary alicyclic amines) is 1. The van der Waals surface area contributed by atoms with Crippen LogP contribution in [0.5, 0.6) is 0 Å². The fourth-order valence-electron chi connectivity index (χ4n) is 2.39. The molecule has 0 aromatic carbocycles. The number of nitrogens with zero attached hydrogens (tertiary/aromatic N) is 3. The Hall–Kier alpha value is -1.95. The van der Waals surface area contributed by atoms with Gasteiger partial charge in [0.1, 0.15) is 5.65 Å². The number of rotatable bonds is 1. The molecule has 2 aromatic heterocycles. The van der Waals surface area contributed by atoms with Crippen molar-refractivity contribution in [3.63, 3.8) is 0 Å². The topological polar surface area (TPSA) is 57.8 Å². The standard InChI is InChI=1S/C13H14FN3O2/c1-8-3-2-5-17-11(14)10(15-12(8)17)13(19)16-6-4-9(18)7-16/h2-3,5,9,18H,4,6-7H2,1H3/t9-/m1/s1. The number of imidazole rings is 1. The number of halogens is 1. The predicted molar refractivity (Wildman–Crippen MR) is 66.4 cm³/mol. The second-order valence-electron chi connectivity index (χ2n) is 4.83. The molecule has 1 aliphatic heterocycles. The van der Waals surface area contributed by atoms with E-state index < -0.39 is 18.0 Å². The molecule has 100 valence electrons. The van der Waals surface area contributed by atoms with Crippen molar-refractivity contribution in [1.82, 2.24) is 14.3 Å². The molecular weight excluding hydrogens is 249 g/mol. The van der Waals surface area contributed by atoms with Gasteiger partial charge in [-0.15, -0.1) is 0 Å². The summed E-state index contributed by atoms with van der Waals surface area (Å²) in [5.41, 5.74) is 1.08. The van der Waals surface area contributed by atoms with Gasteiger partial charge in [0.15, 0.2) is 5.69 Å². The first-order valence-electron chi connectivity index (χ1n) is 6.18. The van der Waals surface area contributed by atoms with Crippen LogP contribution in [0.2, 0.25) is 0 Å². The Morgan fingerprint density at radius 3 is 3.00 bits per heavy atom. The number of β-amino-alcohol motifs (C(OH)–C–C–N with tert-alkyl or cyclic N) is 1. The summed E-state index contributed by atoms with van der Waals surface area (Å²) < 4.78 is 15.5. The number of aliphatic hydroxyl groups is 1. The normalized spacial score (nSPS) is 19.3. The first-order chi connectivity index (χ1) is 9.08. The molecule has 3 rings (SSSR count). The predicted octanol–water partition coefficient (Wildman–Crippen LogP) is 0.989. The number of fused-ring (bicyclic) bond motifs is 1. The molecule has 0 aliphatic carbocycles. The van der Waals surface area contributed by atoms with E-state index >= 15 is 0 Å². The average molecular weight is 263 g/mol. The third-order valence-corrected chi connectivity index (χ3v) is 3.44. The van der Waals surface area contributed by atoms with Gasteiger partial charge in [-0.3, -0.25) is 9.20 Å². The zero-order valence-corrected chi connectivity index (χ0v) is 10.5. The lowest BCUT2D eigenvalue weighted by Gasteiger charge is -2.13. The van der Waals surface area contributed by atoms with Crippen molar-refractivity contribution in [1.29, 1.82) is 0 Å². The third kappa shape index (κ3) is 1.88. The minimum absolute atomic E-state index is 0.177. The SMILES string of the molecule is Cc1cccn2c(F)c(C(=O)N3CC[C@@H](O)C3)nc12. The van der Waals surface area contributed by atoms with Crippen LogP contribution in [0.4, 0.5) is 4.39 Å². The largest absolute Gasteiger partial charge is 0.391 e. The quantitative estimate of drug-likeness (QED) is 0.834. The minimum Gasteiger partial charge on any atom is -0.391 e. The van der Waals surface area contributed by atoms with Crippen molar-refractivity contribution in [2.75, 3.05) is 13.1 Å². The van der Waals surface area contributed by atoms with E-state index in [1.165, 1.54) is 9.30 Å². The lowest BCUT2D eigenvalue weighted by molar-refractivity contribution is 0.0754. The van der Waals surface area contributed by atoms with E-state index in [2.05, 4.69) is 4.98 Å². The maximum atomic E-state index is 14.2. The average Bonchev–Trinajstić information content (AvgIpc) is 2.95. The van der Waals surface area contributed by atoms with E-state index in [-0.39, 0.29) is 12.2 Å². The zero-order valence-electron chi connectivity index (χ0n) is 10.5. The molecule has 0 spiro atoms. The van der Waals surface area contributed by atoms with Gasteiger partial charge >= 0.3 is 0 Å². The van der Waals surface area contributed by atoms with Crippen molar-refractivity contribution in [3.8, 4) is 0 Å². The van der Waals surface area contributed by atoms with Gasteiger partial charge in [-0.25, -0.2) is 4.98 Å². The molecule has 3 heterocycles. The Morgan fingerprint density at radius 1 is 1.58 bits per heavy atom. The first-order valence-corrected chi connectivity index (χ1v) is 6.18. The Bertz CT molecular complexity index is 653. The van der Waals surface area contributed by atoms with Gasteiger partial charge in [0.05, 0.1) is 6.10 Å². The summed E-state index contributed by atoms with van der Waals surface area (Å²) in [6, 6.07) is 3.52. The van der Waals surface area contributed by atoms with Gasteiger partial charge in [0, 0.05) is 19.3 Å². The molecule has 0 unspecified atom stereocenters. The highest BCUT2D eigenvalue weighted by molar-refractivity contribution is 5.93. The molecule has 2 aromatic rings. The summed E-state index contributed by atoms with van der Waals surface area (Å²) in [6.07, 6.45) is 1.55. The van der Waals surface area contributed by atoms with Crippen LogP contribution in [0.15, 0.2) is 18.3 Å². The highest BCUT2D eigenvalue weighted by Gasteiger charge is 2.29. The van der Waals surface area contributed by atoms with Crippen LogP contribution >= 0.6 is 0 Å². The third-order valence-electron chi connectivity index (χ3n) is 3.44. The van der Waals surface area contributed by atoms with E-state index in [4.69, 9.17) is 0 Å². The fourth-order valence-corrected chi connectivity index (χ4v) is 2.39. The zero-order chi connectivity index (χ0) is 13.6. The highest BCUT2D eigenvalue weighted by atomic mass is 19.1. The molecule has 0 radical (unpaired) electrons. The molecular formula is C13H14FN3O2. The van der Waals surface area contributed by atoms with E-state index in [1.54, 1.807) is 12.3 Å². The smallest absolute Gasteiger partial charge is 0.277 e. The number of hydrogen-bond donors (Lipinski definition) is 1. The fraction of sp³-hybridized carbons (Fsp3) is 0.385. The second kappa shape index (κ2) is 4.31. The van der Waals surface area contributed by atoms with Gasteiger partial charge in [-0.1, -0.05) is 6.07 Å². The monoisotopic (exact) mass is 263 g/mol. The molecule has 5 nitrogen and oxygen atoms in total. The van der Waals surface area contributed by atoms with Crippen LogP contribution in [0.25, 0.3) is 5.65 Å². The summed E-state index contributed by atoms with van der Waals surface area (Å²) in [6.45, 7) is 2.49. The lowest BCUT2D eigenvalue weighted by Crippen LogP contribution is -2.30. The van der Waals surface area contributed by atoms with Crippen molar-refractivity contribution < 1.29 is 14.3 Å². The van der Waals surface area contributed by atoms with Crippen molar-refractivity contribution in [2.24, 2.45) is 0 Å². The first kappa shape index (κ1) is 12.1. The molecule has 1 fully saturated rings. The van der Waals surface area contributed by atoms with Crippen LogP contribution in [-0.2, 0) is 0 Å². The number of carbonyl (C=O) groups is 1. The molecule has 1 amide bonds. The summed E-state index contributed by atoms with van der Waals surface area (Å²) in [5, 5.41) is 9.44. The number of aliphatic hydroxyl groups excluding tert-OH is 1. The van der Waals surface area contributed by atoms with Crippen molar-refractivity contribution in [3.05, 3.63) is 35.5 Å². The van der Waals surface area contributed by atoms with E-state index in [9.17, 15) is 14.3 Å². The minimum atomic E-state index is -0.648. The van der Waals surface area contributed by atoms with Crippen LogP contribution in [0, 0.1) is 12.9 Å². The molecule has 1 saturated heterocycles. The van der Waals surface area contributed by atoms with Crippen molar-refractivity contribution in [2.45, 2.75) is 19.4 Å². The number of aromatic nitrogens is 2. The Balaban J connectivity index is 2.03. The highest BCUT2D eigenvalue weighted by Crippen LogP contribution is 2.18. The number of aryl methyl sites for hydroxylation is 1.